The summed E-state index contributed by atoms with van der Waals surface area (Å²) in [5, 5.41) is 11.4. The summed E-state index contributed by atoms with van der Waals surface area (Å²) >= 11 is 0. The molecule has 0 saturated heterocycles. The number of rotatable bonds is 4. The Balaban J connectivity index is 2.45. The van der Waals surface area contributed by atoms with Crippen LogP contribution >= 0.6 is 0 Å². The van der Waals surface area contributed by atoms with E-state index in [4.69, 9.17) is 14.7 Å². The second kappa shape index (κ2) is 5.20. The molecule has 0 radical (unpaired) electrons. The number of azide groups is 1. The number of methoxy groups -OCH3 is 1. The lowest BCUT2D eigenvalue weighted by molar-refractivity contribution is 0.416. The maximum atomic E-state index is 8.49. The predicted molar refractivity (Wildman–Crippen MR) is 64.5 cm³/mol. The van der Waals surface area contributed by atoms with Crippen LogP contribution in [0.4, 0.5) is 5.69 Å². The van der Waals surface area contributed by atoms with Crippen LogP contribution in [0.2, 0.25) is 0 Å². The normalized spacial score (nSPS) is 9.89. The number of benzene rings is 1. The molecule has 92 valence electrons. The lowest BCUT2D eigenvalue weighted by Gasteiger charge is -2.04. The van der Waals surface area contributed by atoms with E-state index in [1.54, 1.807) is 18.2 Å². The second-order valence-corrected chi connectivity index (χ2v) is 3.43. The summed E-state index contributed by atoms with van der Waals surface area (Å²) in [5.74, 6) is 1.45. The van der Waals surface area contributed by atoms with Crippen LogP contribution in [0, 0.1) is 0 Å². The van der Waals surface area contributed by atoms with Crippen molar-refractivity contribution in [3.05, 3.63) is 34.5 Å². The van der Waals surface area contributed by atoms with Gasteiger partial charge in [-0.05, 0) is 23.7 Å². The first-order valence-electron chi connectivity index (χ1n) is 5.34. The SMILES string of the molecule is CCc1nnc(-c2ccc(OC)c(N=[N+]=[N-])c2)o1. The van der Waals surface area contributed by atoms with Crippen LogP contribution in [0.25, 0.3) is 21.9 Å². The fourth-order valence-corrected chi connectivity index (χ4v) is 1.46. The Morgan fingerprint density at radius 3 is 2.89 bits per heavy atom. The number of aryl methyl sites for hydroxylation is 1. The summed E-state index contributed by atoms with van der Waals surface area (Å²) in [6.07, 6.45) is 0.673. The van der Waals surface area contributed by atoms with Gasteiger partial charge in [0.15, 0.2) is 0 Å². The van der Waals surface area contributed by atoms with Gasteiger partial charge in [-0.2, -0.15) is 0 Å². The van der Waals surface area contributed by atoms with Crippen molar-refractivity contribution in [2.24, 2.45) is 5.11 Å². The molecule has 0 N–H and O–H groups in total. The number of ether oxygens (including phenoxy) is 1. The van der Waals surface area contributed by atoms with E-state index in [-0.39, 0.29) is 0 Å². The van der Waals surface area contributed by atoms with E-state index < -0.39 is 0 Å². The minimum absolute atomic E-state index is 0.383. The molecule has 0 aliphatic rings. The fraction of sp³-hybridized carbons (Fsp3) is 0.273. The molecule has 1 heterocycles. The van der Waals surface area contributed by atoms with Crippen molar-refractivity contribution >= 4 is 5.69 Å². The van der Waals surface area contributed by atoms with Gasteiger partial charge in [-0.1, -0.05) is 12.0 Å². The van der Waals surface area contributed by atoms with Crippen LogP contribution < -0.4 is 4.74 Å². The molecule has 1 aromatic carbocycles. The maximum Gasteiger partial charge on any atom is 0.247 e. The van der Waals surface area contributed by atoms with Gasteiger partial charge in [0.2, 0.25) is 11.8 Å². The molecule has 7 nitrogen and oxygen atoms in total. The Bertz CT molecular complexity index is 601. The quantitative estimate of drug-likeness (QED) is 0.469. The van der Waals surface area contributed by atoms with Gasteiger partial charge in [0.1, 0.15) is 5.75 Å². The van der Waals surface area contributed by atoms with E-state index in [1.165, 1.54) is 7.11 Å². The summed E-state index contributed by atoms with van der Waals surface area (Å²) in [6.45, 7) is 1.93. The van der Waals surface area contributed by atoms with Crippen LogP contribution in [0.15, 0.2) is 27.7 Å². The average Bonchev–Trinajstić information content (AvgIpc) is 2.88. The highest BCUT2D eigenvalue weighted by molar-refractivity contribution is 5.64. The lowest BCUT2D eigenvalue weighted by atomic mass is 10.2. The van der Waals surface area contributed by atoms with Crippen molar-refractivity contribution in [1.82, 2.24) is 10.2 Å². The van der Waals surface area contributed by atoms with Gasteiger partial charge in [-0.25, -0.2) is 0 Å². The molecular weight excluding hydrogens is 234 g/mol. The molecule has 0 aliphatic heterocycles. The van der Waals surface area contributed by atoms with Gasteiger partial charge >= 0.3 is 0 Å². The molecule has 0 amide bonds. The van der Waals surface area contributed by atoms with Gasteiger partial charge in [-0.15, -0.1) is 10.2 Å². The molecular formula is C11H11N5O2. The molecule has 0 saturated carbocycles. The van der Waals surface area contributed by atoms with Crippen LogP contribution in [0.1, 0.15) is 12.8 Å². The summed E-state index contributed by atoms with van der Waals surface area (Å²) in [4.78, 5) is 2.75. The summed E-state index contributed by atoms with van der Waals surface area (Å²) in [6, 6.07) is 5.10. The molecule has 0 bridgehead atoms. The standard InChI is InChI=1S/C11H11N5O2/c1-3-10-14-15-11(18-10)7-4-5-9(17-2)8(6-7)13-16-12/h4-6H,3H2,1-2H3. The number of hydrogen-bond donors (Lipinski definition) is 0. The van der Waals surface area contributed by atoms with Crippen molar-refractivity contribution in [1.29, 1.82) is 0 Å². The minimum atomic E-state index is 0.383. The Morgan fingerprint density at radius 1 is 1.44 bits per heavy atom. The van der Waals surface area contributed by atoms with Crippen LogP contribution in [0.5, 0.6) is 5.75 Å². The highest BCUT2D eigenvalue weighted by atomic mass is 16.5. The molecule has 2 aromatic rings. The first-order valence-corrected chi connectivity index (χ1v) is 5.34. The van der Waals surface area contributed by atoms with Gasteiger partial charge in [0, 0.05) is 16.9 Å². The average molecular weight is 245 g/mol. The smallest absolute Gasteiger partial charge is 0.247 e. The predicted octanol–water partition coefficient (Wildman–Crippen LogP) is 3.25. The number of aromatic nitrogens is 2. The topological polar surface area (TPSA) is 96.9 Å². The Kier molecular flexibility index (Phi) is 3.45. The van der Waals surface area contributed by atoms with E-state index in [2.05, 4.69) is 20.2 Å². The van der Waals surface area contributed by atoms with Crippen molar-refractivity contribution in [2.45, 2.75) is 13.3 Å². The third-order valence-electron chi connectivity index (χ3n) is 2.35. The van der Waals surface area contributed by atoms with E-state index in [0.717, 1.165) is 0 Å². The molecule has 0 aliphatic carbocycles. The van der Waals surface area contributed by atoms with Gasteiger partial charge < -0.3 is 9.15 Å². The van der Waals surface area contributed by atoms with Gasteiger partial charge in [-0.3, -0.25) is 0 Å². The molecule has 0 spiro atoms. The zero-order chi connectivity index (χ0) is 13.0. The van der Waals surface area contributed by atoms with E-state index >= 15 is 0 Å². The zero-order valence-corrected chi connectivity index (χ0v) is 9.99. The van der Waals surface area contributed by atoms with Crippen LogP contribution in [0.3, 0.4) is 0 Å². The molecule has 1 aromatic heterocycles. The van der Waals surface area contributed by atoms with E-state index in [0.29, 0.717) is 35.2 Å². The fourth-order valence-electron chi connectivity index (χ4n) is 1.46. The Hall–Kier alpha value is -2.53. The van der Waals surface area contributed by atoms with E-state index in [1.807, 2.05) is 6.92 Å². The monoisotopic (exact) mass is 245 g/mol. The molecule has 7 heteroatoms. The van der Waals surface area contributed by atoms with Crippen LogP contribution in [-0.2, 0) is 6.42 Å². The molecule has 0 fully saturated rings. The van der Waals surface area contributed by atoms with Crippen molar-refractivity contribution < 1.29 is 9.15 Å². The lowest BCUT2D eigenvalue weighted by Crippen LogP contribution is -1.84. The van der Waals surface area contributed by atoms with E-state index in [9.17, 15) is 0 Å². The Morgan fingerprint density at radius 2 is 2.28 bits per heavy atom. The first kappa shape index (κ1) is 11.9. The minimum Gasteiger partial charge on any atom is -0.496 e. The summed E-state index contributed by atoms with van der Waals surface area (Å²) < 4.78 is 10.5. The van der Waals surface area contributed by atoms with Gasteiger partial charge in [0.25, 0.3) is 0 Å². The third-order valence-corrected chi connectivity index (χ3v) is 2.35. The van der Waals surface area contributed by atoms with Crippen molar-refractivity contribution in [2.75, 3.05) is 7.11 Å². The largest absolute Gasteiger partial charge is 0.496 e. The third kappa shape index (κ3) is 2.26. The second-order valence-electron chi connectivity index (χ2n) is 3.43. The molecule has 18 heavy (non-hydrogen) atoms. The van der Waals surface area contributed by atoms with Crippen LogP contribution in [-0.4, -0.2) is 17.3 Å². The molecule has 0 atom stereocenters. The highest BCUT2D eigenvalue weighted by Crippen LogP contribution is 2.32. The van der Waals surface area contributed by atoms with Crippen molar-refractivity contribution in [3.63, 3.8) is 0 Å². The highest BCUT2D eigenvalue weighted by Gasteiger charge is 2.10. The number of nitrogens with zero attached hydrogens (tertiary/aromatic N) is 5. The maximum absolute atomic E-state index is 8.49. The summed E-state index contributed by atoms with van der Waals surface area (Å²) in [5.41, 5.74) is 9.56. The molecule has 2 rings (SSSR count). The number of hydrogen-bond acceptors (Lipinski definition) is 5. The summed E-state index contributed by atoms with van der Waals surface area (Å²) in [7, 11) is 1.51. The molecule has 0 unspecified atom stereocenters. The first-order chi connectivity index (χ1) is 8.78. The zero-order valence-electron chi connectivity index (χ0n) is 9.99. The van der Waals surface area contributed by atoms with Gasteiger partial charge in [0.05, 0.1) is 12.8 Å². The Labute approximate surface area is 103 Å². The van der Waals surface area contributed by atoms with Crippen molar-refractivity contribution in [3.8, 4) is 17.2 Å².